The number of anilines is 1. The van der Waals surface area contributed by atoms with Crippen molar-refractivity contribution in [2.45, 2.75) is 32.7 Å². The summed E-state index contributed by atoms with van der Waals surface area (Å²) in [5.74, 6) is -1.37. The number of amides is 3. The van der Waals surface area contributed by atoms with Crippen LogP contribution in [-0.2, 0) is 20.7 Å². The fourth-order valence-electron chi connectivity index (χ4n) is 2.68. The first-order chi connectivity index (χ1) is 14.8. The number of rotatable bonds is 11. The minimum Gasteiger partial charge on any atom is -0.385 e. The van der Waals surface area contributed by atoms with Gasteiger partial charge in [-0.3, -0.25) is 14.4 Å². The predicted molar refractivity (Wildman–Crippen MR) is 117 cm³/mol. The Bertz CT molecular complexity index is 886. The second kappa shape index (κ2) is 12.1. The van der Waals surface area contributed by atoms with Gasteiger partial charge >= 0.3 is 0 Å². The van der Waals surface area contributed by atoms with Crippen molar-refractivity contribution < 1.29 is 23.5 Å². The predicted octanol–water partition coefficient (Wildman–Crippen LogP) is 2.47. The molecule has 0 aliphatic rings. The van der Waals surface area contributed by atoms with E-state index in [1.807, 2.05) is 0 Å². The molecule has 10 heteroatoms. The smallest absolute Gasteiger partial charge is 0.254 e. The van der Waals surface area contributed by atoms with Gasteiger partial charge in [-0.1, -0.05) is 0 Å². The standard InChI is InChI=1S/C21H27FN4O4S/c1-14(2)26(20(29)15-5-7-16(22)8-6-15)12-19(28)25-21-24-17(13-31-21)11-18(27)23-9-4-10-30-3/h5-8,13-14H,4,9-12H2,1-3H3,(H,23,27)(H,24,25,28). The van der Waals surface area contributed by atoms with E-state index < -0.39 is 11.7 Å². The van der Waals surface area contributed by atoms with Crippen LogP contribution in [-0.4, -0.2) is 60.5 Å². The highest BCUT2D eigenvalue weighted by molar-refractivity contribution is 7.13. The first-order valence-electron chi connectivity index (χ1n) is 9.86. The summed E-state index contributed by atoms with van der Waals surface area (Å²) in [6, 6.07) is 4.95. The first kappa shape index (κ1) is 24.4. The lowest BCUT2D eigenvalue weighted by molar-refractivity contribution is -0.120. The van der Waals surface area contributed by atoms with Gasteiger partial charge in [-0.15, -0.1) is 11.3 Å². The van der Waals surface area contributed by atoms with Crippen LogP contribution < -0.4 is 10.6 Å². The number of halogens is 1. The van der Waals surface area contributed by atoms with E-state index in [9.17, 15) is 18.8 Å². The van der Waals surface area contributed by atoms with Gasteiger partial charge < -0.3 is 20.3 Å². The molecule has 1 heterocycles. The molecule has 0 atom stereocenters. The number of nitrogens with one attached hydrogen (secondary N) is 2. The van der Waals surface area contributed by atoms with Gasteiger partial charge in [0.1, 0.15) is 12.4 Å². The first-order valence-corrected chi connectivity index (χ1v) is 10.7. The molecule has 0 radical (unpaired) electrons. The largest absolute Gasteiger partial charge is 0.385 e. The van der Waals surface area contributed by atoms with E-state index in [4.69, 9.17) is 4.74 Å². The molecule has 0 bridgehead atoms. The number of hydrogen-bond acceptors (Lipinski definition) is 6. The summed E-state index contributed by atoms with van der Waals surface area (Å²) in [5, 5.41) is 7.49. The molecule has 0 aliphatic carbocycles. The normalized spacial score (nSPS) is 10.7. The van der Waals surface area contributed by atoms with Gasteiger partial charge in [0.25, 0.3) is 5.91 Å². The molecule has 0 saturated heterocycles. The molecule has 1 aromatic heterocycles. The maximum Gasteiger partial charge on any atom is 0.254 e. The van der Waals surface area contributed by atoms with Crippen LogP contribution in [0.15, 0.2) is 29.6 Å². The Kier molecular flexibility index (Phi) is 9.54. The fraction of sp³-hybridized carbons (Fsp3) is 0.429. The minimum absolute atomic E-state index is 0.112. The van der Waals surface area contributed by atoms with Crippen molar-refractivity contribution in [3.8, 4) is 0 Å². The number of benzene rings is 1. The lowest BCUT2D eigenvalue weighted by Crippen LogP contribution is -2.42. The van der Waals surface area contributed by atoms with E-state index in [0.29, 0.717) is 29.5 Å². The summed E-state index contributed by atoms with van der Waals surface area (Å²) in [5.41, 5.74) is 0.851. The highest BCUT2D eigenvalue weighted by atomic mass is 32.1. The number of hydrogen-bond donors (Lipinski definition) is 2. The van der Waals surface area contributed by atoms with Crippen molar-refractivity contribution in [2.75, 3.05) is 32.1 Å². The van der Waals surface area contributed by atoms with Crippen molar-refractivity contribution in [1.29, 1.82) is 0 Å². The average Bonchev–Trinajstić information content (AvgIpc) is 3.15. The van der Waals surface area contributed by atoms with Crippen LogP contribution in [0, 0.1) is 5.82 Å². The van der Waals surface area contributed by atoms with Gasteiger partial charge in [-0.05, 0) is 44.5 Å². The van der Waals surface area contributed by atoms with Crippen LogP contribution >= 0.6 is 11.3 Å². The van der Waals surface area contributed by atoms with Crippen LogP contribution in [0.5, 0.6) is 0 Å². The van der Waals surface area contributed by atoms with E-state index >= 15 is 0 Å². The van der Waals surface area contributed by atoms with Gasteiger partial charge in [-0.2, -0.15) is 0 Å². The molecule has 0 aliphatic heterocycles. The highest BCUT2D eigenvalue weighted by Crippen LogP contribution is 2.16. The molecule has 31 heavy (non-hydrogen) atoms. The van der Waals surface area contributed by atoms with Gasteiger partial charge in [0.2, 0.25) is 11.8 Å². The molecule has 2 rings (SSSR count). The van der Waals surface area contributed by atoms with Crippen LogP contribution in [0.25, 0.3) is 0 Å². The third-order valence-corrected chi connectivity index (χ3v) is 5.08. The molecule has 0 unspecified atom stereocenters. The summed E-state index contributed by atoms with van der Waals surface area (Å²) >= 11 is 1.21. The number of carbonyl (C=O) groups excluding carboxylic acids is 3. The zero-order chi connectivity index (χ0) is 22.8. The van der Waals surface area contributed by atoms with Crippen molar-refractivity contribution in [1.82, 2.24) is 15.2 Å². The van der Waals surface area contributed by atoms with Crippen LogP contribution in [0.3, 0.4) is 0 Å². The third kappa shape index (κ3) is 8.06. The number of aromatic nitrogens is 1. The Morgan fingerprint density at radius 1 is 1.19 bits per heavy atom. The van der Waals surface area contributed by atoms with Crippen LogP contribution in [0.4, 0.5) is 9.52 Å². The maximum absolute atomic E-state index is 13.1. The topological polar surface area (TPSA) is 101 Å². The van der Waals surface area contributed by atoms with Crippen molar-refractivity contribution in [3.63, 3.8) is 0 Å². The molecule has 3 amide bonds. The van der Waals surface area contributed by atoms with E-state index in [2.05, 4.69) is 15.6 Å². The van der Waals surface area contributed by atoms with Crippen molar-refractivity contribution in [3.05, 3.63) is 46.7 Å². The lowest BCUT2D eigenvalue weighted by atomic mass is 10.1. The minimum atomic E-state index is -0.436. The number of methoxy groups -OCH3 is 1. The quantitative estimate of drug-likeness (QED) is 0.512. The van der Waals surface area contributed by atoms with E-state index in [1.165, 1.54) is 40.5 Å². The van der Waals surface area contributed by atoms with Crippen molar-refractivity contribution in [2.24, 2.45) is 0 Å². The zero-order valence-corrected chi connectivity index (χ0v) is 18.6. The fourth-order valence-corrected chi connectivity index (χ4v) is 3.40. The molecular weight excluding hydrogens is 423 g/mol. The summed E-state index contributed by atoms with van der Waals surface area (Å²) in [6.07, 6.45) is 0.837. The van der Waals surface area contributed by atoms with Gasteiger partial charge in [0.05, 0.1) is 12.1 Å². The zero-order valence-electron chi connectivity index (χ0n) is 17.8. The Labute approximate surface area is 184 Å². The Morgan fingerprint density at radius 3 is 2.55 bits per heavy atom. The Hall–Kier alpha value is -2.85. The van der Waals surface area contributed by atoms with Crippen LogP contribution in [0.1, 0.15) is 36.3 Å². The lowest BCUT2D eigenvalue weighted by Gasteiger charge is -2.26. The maximum atomic E-state index is 13.1. The molecular formula is C21H27FN4O4S. The second-order valence-electron chi connectivity index (χ2n) is 7.10. The number of nitrogens with zero attached hydrogens (tertiary/aromatic N) is 2. The molecule has 168 valence electrons. The summed E-state index contributed by atoms with van der Waals surface area (Å²) in [7, 11) is 1.60. The van der Waals surface area contributed by atoms with Gasteiger partial charge in [-0.25, -0.2) is 9.37 Å². The van der Waals surface area contributed by atoms with Gasteiger partial charge in [0, 0.05) is 37.2 Å². The second-order valence-corrected chi connectivity index (χ2v) is 7.96. The van der Waals surface area contributed by atoms with Crippen molar-refractivity contribution >= 4 is 34.2 Å². The molecule has 2 aromatic rings. The molecule has 0 spiro atoms. The number of carbonyl (C=O) groups is 3. The van der Waals surface area contributed by atoms with E-state index in [-0.39, 0.29) is 30.8 Å². The Morgan fingerprint density at radius 2 is 1.90 bits per heavy atom. The third-order valence-electron chi connectivity index (χ3n) is 4.28. The molecule has 8 nitrogen and oxygen atoms in total. The average molecular weight is 451 g/mol. The number of thiazole rings is 1. The highest BCUT2D eigenvalue weighted by Gasteiger charge is 2.22. The molecule has 2 N–H and O–H groups in total. The summed E-state index contributed by atoms with van der Waals surface area (Å²) < 4.78 is 18.0. The van der Waals surface area contributed by atoms with Gasteiger partial charge in [0.15, 0.2) is 5.13 Å². The monoisotopic (exact) mass is 450 g/mol. The summed E-state index contributed by atoms with van der Waals surface area (Å²) in [4.78, 5) is 42.7. The van der Waals surface area contributed by atoms with Crippen LogP contribution in [0.2, 0.25) is 0 Å². The Balaban J connectivity index is 1.89. The molecule has 0 fully saturated rings. The van der Waals surface area contributed by atoms with E-state index in [1.54, 1.807) is 26.3 Å². The molecule has 0 saturated carbocycles. The molecule has 1 aromatic carbocycles. The summed E-state index contributed by atoms with van der Waals surface area (Å²) in [6.45, 7) is 4.50. The van der Waals surface area contributed by atoms with E-state index in [0.717, 1.165) is 6.42 Å². The SMILES string of the molecule is COCCCNC(=O)Cc1csc(NC(=O)CN(C(=O)c2ccc(F)cc2)C(C)C)n1. The number of ether oxygens (including phenoxy) is 1.